The number of nitrogens with two attached hydrogens (primary N) is 1. The predicted octanol–water partition coefficient (Wildman–Crippen LogP) is 4.56. The van der Waals surface area contributed by atoms with Crippen LogP contribution >= 0.6 is 27.5 Å². The number of hydrogen-bond donors (Lipinski definition) is 1. The Hall–Kier alpha value is -1.97. The van der Waals surface area contributed by atoms with Crippen LogP contribution in [0.3, 0.4) is 0 Å². The van der Waals surface area contributed by atoms with E-state index in [0.717, 1.165) is 0 Å². The highest BCUT2D eigenvalue weighted by atomic mass is 79.9. The molecule has 136 valence electrons. The molecule has 3 rings (SSSR count). The molecule has 0 spiro atoms. The number of nitriles is 1. The van der Waals surface area contributed by atoms with Gasteiger partial charge in [0.05, 0.1) is 17.5 Å². The van der Waals surface area contributed by atoms with Gasteiger partial charge >= 0.3 is 0 Å². The van der Waals surface area contributed by atoms with Crippen LogP contribution in [0.1, 0.15) is 38.2 Å². The van der Waals surface area contributed by atoms with Crippen LogP contribution in [0, 0.1) is 16.7 Å². The number of nitrogens with zero attached hydrogens (tertiary/aromatic N) is 1. The van der Waals surface area contributed by atoms with Gasteiger partial charge < -0.3 is 15.2 Å². The number of hydrogen-bond acceptors (Lipinski definition) is 5. The highest BCUT2D eigenvalue weighted by Gasteiger charge is 2.44. The molecular formula is C19H18BrClN2O3. The number of halogens is 2. The lowest BCUT2D eigenvalue weighted by molar-refractivity contribution is -0.119. The number of rotatable bonds is 2. The number of methoxy groups -OCH3 is 1. The fourth-order valence-corrected chi connectivity index (χ4v) is 4.60. The highest BCUT2D eigenvalue weighted by molar-refractivity contribution is 9.10. The first-order valence-electron chi connectivity index (χ1n) is 8.05. The summed E-state index contributed by atoms with van der Waals surface area (Å²) in [5, 5.41) is 10.1. The standard InChI is InChI=1S/C19H18BrClN2O3/c1-19(2)6-13(24)16-14(7-19)26-18(23)11(8-22)15(16)10-4-9(21)5-12(20)17(10)25-3/h4-5,15H,6-7,23H2,1-3H3/t15-/m1/s1. The average Bonchev–Trinajstić information content (AvgIpc) is 2.51. The quantitative estimate of drug-likeness (QED) is 0.733. The van der Waals surface area contributed by atoms with Gasteiger partial charge in [-0.15, -0.1) is 0 Å². The molecule has 26 heavy (non-hydrogen) atoms. The third kappa shape index (κ3) is 3.10. The molecule has 0 aromatic heterocycles. The van der Waals surface area contributed by atoms with Gasteiger partial charge in [0.25, 0.3) is 0 Å². The molecule has 7 heteroatoms. The van der Waals surface area contributed by atoms with Crippen LogP contribution in [-0.4, -0.2) is 12.9 Å². The molecule has 5 nitrogen and oxygen atoms in total. The van der Waals surface area contributed by atoms with E-state index in [1.165, 1.54) is 7.11 Å². The summed E-state index contributed by atoms with van der Waals surface area (Å²) in [6.45, 7) is 4.01. The minimum atomic E-state index is -0.669. The van der Waals surface area contributed by atoms with E-state index < -0.39 is 5.92 Å². The fourth-order valence-electron chi connectivity index (χ4n) is 3.61. The van der Waals surface area contributed by atoms with E-state index in [1.54, 1.807) is 12.1 Å². The summed E-state index contributed by atoms with van der Waals surface area (Å²) in [4.78, 5) is 13.0. The smallest absolute Gasteiger partial charge is 0.205 e. The lowest BCUT2D eigenvalue weighted by Gasteiger charge is -2.37. The Morgan fingerprint density at radius 1 is 1.42 bits per heavy atom. The minimum absolute atomic E-state index is 0.0138. The van der Waals surface area contributed by atoms with E-state index in [4.69, 9.17) is 26.8 Å². The molecule has 2 aliphatic rings. The SMILES string of the molecule is COc1c(Br)cc(Cl)cc1[C@@H]1C(C#N)=C(N)OC2=C1C(=O)CC(C)(C)C2. The van der Waals surface area contributed by atoms with Crippen LogP contribution in [0.15, 0.2) is 39.4 Å². The van der Waals surface area contributed by atoms with Crippen molar-refractivity contribution in [2.75, 3.05) is 7.11 Å². The second-order valence-corrected chi connectivity index (χ2v) is 8.50. The minimum Gasteiger partial charge on any atom is -0.495 e. The molecular weight excluding hydrogens is 420 g/mol. The predicted molar refractivity (Wildman–Crippen MR) is 101 cm³/mol. The lowest BCUT2D eigenvalue weighted by atomic mass is 9.70. The van der Waals surface area contributed by atoms with Gasteiger partial charge in [-0.1, -0.05) is 25.4 Å². The summed E-state index contributed by atoms with van der Waals surface area (Å²) < 4.78 is 11.8. The van der Waals surface area contributed by atoms with Crippen LogP contribution in [0.2, 0.25) is 5.02 Å². The van der Waals surface area contributed by atoms with Crippen molar-refractivity contribution in [3.05, 3.63) is 50.0 Å². The zero-order chi connectivity index (χ0) is 19.2. The van der Waals surface area contributed by atoms with Crippen LogP contribution < -0.4 is 10.5 Å². The van der Waals surface area contributed by atoms with Crippen molar-refractivity contribution in [1.29, 1.82) is 5.26 Å². The third-order valence-electron chi connectivity index (χ3n) is 4.63. The maximum absolute atomic E-state index is 13.0. The maximum Gasteiger partial charge on any atom is 0.205 e. The van der Waals surface area contributed by atoms with Crippen molar-refractivity contribution in [2.24, 2.45) is 11.1 Å². The van der Waals surface area contributed by atoms with Gasteiger partial charge in [-0.25, -0.2) is 0 Å². The summed E-state index contributed by atoms with van der Waals surface area (Å²) in [7, 11) is 1.52. The molecule has 0 fully saturated rings. The van der Waals surface area contributed by atoms with Crippen LogP contribution in [0.25, 0.3) is 0 Å². The molecule has 0 radical (unpaired) electrons. The Bertz CT molecular complexity index is 912. The van der Waals surface area contributed by atoms with Gasteiger partial charge in [0.2, 0.25) is 5.88 Å². The monoisotopic (exact) mass is 436 g/mol. The molecule has 1 atom stereocenters. The van der Waals surface area contributed by atoms with Crippen molar-refractivity contribution in [3.63, 3.8) is 0 Å². The number of benzene rings is 1. The fraction of sp³-hybridized carbons (Fsp3) is 0.368. The molecule has 0 amide bonds. The largest absolute Gasteiger partial charge is 0.495 e. The van der Waals surface area contributed by atoms with Gasteiger partial charge in [0.1, 0.15) is 23.2 Å². The molecule has 1 aromatic rings. The maximum atomic E-state index is 13.0. The Morgan fingerprint density at radius 2 is 2.12 bits per heavy atom. The topological polar surface area (TPSA) is 85.3 Å². The normalized spacial score (nSPS) is 21.8. The van der Waals surface area contributed by atoms with Crippen LogP contribution in [0.5, 0.6) is 5.75 Å². The van der Waals surface area contributed by atoms with Gasteiger partial charge in [-0.05, 0) is 33.5 Å². The van der Waals surface area contributed by atoms with Crippen molar-refractivity contribution in [1.82, 2.24) is 0 Å². The van der Waals surface area contributed by atoms with Crippen LogP contribution in [-0.2, 0) is 9.53 Å². The second kappa shape index (κ2) is 6.64. The number of allylic oxidation sites excluding steroid dienone is 3. The average molecular weight is 438 g/mol. The number of carbonyl (C=O) groups excluding carboxylic acids is 1. The third-order valence-corrected chi connectivity index (χ3v) is 5.43. The summed E-state index contributed by atoms with van der Waals surface area (Å²) in [5.41, 5.74) is 7.05. The summed E-state index contributed by atoms with van der Waals surface area (Å²) in [6.07, 6.45) is 0.933. The molecule has 1 heterocycles. The van der Waals surface area contributed by atoms with Crippen LogP contribution in [0.4, 0.5) is 0 Å². The Balaban J connectivity index is 2.29. The zero-order valence-corrected chi connectivity index (χ0v) is 17.0. The van der Waals surface area contributed by atoms with E-state index in [-0.39, 0.29) is 22.7 Å². The number of carbonyl (C=O) groups is 1. The lowest BCUT2D eigenvalue weighted by Crippen LogP contribution is -2.33. The van der Waals surface area contributed by atoms with Gasteiger partial charge in [0, 0.05) is 29.0 Å². The Labute approximate surface area is 165 Å². The van der Waals surface area contributed by atoms with Crippen molar-refractivity contribution in [3.8, 4) is 11.8 Å². The number of ether oxygens (including phenoxy) is 2. The molecule has 0 saturated carbocycles. The van der Waals surface area contributed by atoms with Gasteiger partial charge in [0.15, 0.2) is 5.78 Å². The van der Waals surface area contributed by atoms with Crippen molar-refractivity contribution in [2.45, 2.75) is 32.6 Å². The van der Waals surface area contributed by atoms with Crippen molar-refractivity contribution >= 4 is 33.3 Å². The first-order chi connectivity index (χ1) is 12.2. The van der Waals surface area contributed by atoms with Gasteiger partial charge in [-0.2, -0.15) is 5.26 Å². The van der Waals surface area contributed by atoms with Crippen molar-refractivity contribution < 1.29 is 14.3 Å². The van der Waals surface area contributed by atoms with E-state index in [0.29, 0.717) is 45.0 Å². The molecule has 2 N–H and O–H groups in total. The molecule has 1 aliphatic carbocycles. The van der Waals surface area contributed by atoms with E-state index in [9.17, 15) is 10.1 Å². The first-order valence-corrected chi connectivity index (χ1v) is 9.22. The van der Waals surface area contributed by atoms with E-state index >= 15 is 0 Å². The Morgan fingerprint density at radius 3 is 2.73 bits per heavy atom. The first kappa shape index (κ1) is 18.8. The van der Waals surface area contributed by atoms with Gasteiger partial charge in [-0.3, -0.25) is 4.79 Å². The molecule has 0 saturated heterocycles. The molecule has 0 unspecified atom stereocenters. The Kier molecular flexibility index (Phi) is 4.80. The molecule has 0 bridgehead atoms. The van der Waals surface area contributed by atoms with E-state index in [2.05, 4.69) is 22.0 Å². The highest BCUT2D eigenvalue weighted by Crippen LogP contribution is 2.50. The summed E-state index contributed by atoms with van der Waals surface area (Å²) in [6, 6.07) is 5.49. The molecule has 1 aromatic carbocycles. The van der Waals surface area contributed by atoms with E-state index in [1.807, 2.05) is 13.8 Å². The number of ketones is 1. The summed E-state index contributed by atoms with van der Waals surface area (Å²) in [5.74, 6) is 0.314. The second-order valence-electron chi connectivity index (χ2n) is 7.21. The molecule has 1 aliphatic heterocycles. The summed E-state index contributed by atoms with van der Waals surface area (Å²) >= 11 is 9.67. The zero-order valence-electron chi connectivity index (χ0n) is 14.7. The number of Topliss-reactive ketones (excluding diaryl/α,β-unsaturated/α-hetero) is 1.